The van der Waals surface area contributed by atoms with Crippen LogP contribution in [0.4, 0.5) is 4.79 Å². The van der Waals surface area contributed by atoms with E-state index >= 15 is 0 Å². The lowest BCUT2D eigenvalue weighted by molar-refractivity contribution is -0.0490. The Morgan fingerprint density at radius 1 is 0.957 bits per heavy atom. The standard InChI is InChI=1S/C34H43ClNO8PS/c1-33(2,3)44-32(37)36-34(24-42-25-39-4,19-20-45(38,40-5)41-6)18-17-27-15-16-30(22-31(27)35)46-29-14-10-13-28(21-29)43-23-26-11-8-7-9-12-26/h7-16,19-22H,17-18,23-25H2,1-6H3,(H,36,37)/b20-19+. The molecule has 9 nitrogen and oxygen atoms in total. The number of methoxy groups -OCH3 is 1. The molecule has 1 atom stereocenters. The topological polar surface area (TPSA) is 102 Å². The first-order chi connectivity index (χ1) is 21.9. The van der Waals surface area contributed by atoms with E-state index in [0.717, 1.165) is 26.7 Å². The molecule has 46 heavy (non-hydrogen) atoms. The number of ether oxygens (including phenoxy) is 4. The summed E-state index contributed by atoms with van der Waals surface area (Å²) in [6.45, 7) is 5.75. The number of halogens is 1. The fraction of sp³-hybridized carbons (Fsp3) is 0.382. The summed E-state index contributed by atoms with van der Waals surface area (Å²) in [5.74, 6) is 2.08. The first-order valence-electron chi connectivity index (χ1n) is 14.6. The number of carbonyl (C=O) groups excluding carboxylic acids is 1. The maximum absolute atomic E-state index is 13.0. The van der Waals surface area contributed by atoms with E-state index in [9.17, 15) is 9.36 Å². The molecule has 12 heteroatoms. The second-order valence-electron chi connectivity index (χ2n) is 11.4. The molecule has 0 bridgehead atoms. The van der Waals surface area contributed by atoms with E-state index < -0.39 is 24.8 Å². The number of rotatable bonds is 17. The largest absolute Gasteiger partial charge is 0.489 e. The predicted octanol–water partition coefficient (Wildman–Crippen LogP) is 8.89. The Bertz CT molecular complexity index is 1480. The average molecular weight is 692 g/mol. The smallest absolute Gasteiger partial charge is 0.408 e. The van der Waals surface area contributed by atoms with Gasteiger partial charge in [-0.15, -0.1) is 0 Å². The number of aryl methyl sites for hydroxylation is 1. The van der Waals surface area contributed by atoms with E-state index in [1.54, 1.807) is 38.6 Å². The van der Waals surface area contributed by atoms with Gasteiger partial charge in [-0.05, 0) is 81.1 Å². The number of carbonyl (C=O) groups is 1. The lowest BCUT2D eigenvalue weighted by Gasteiger charge is -2.33. The minimum absolute atomic E-state index is 0.0156. The van der Waals surface area contributed by atoms with Crippen LogP contribution in [0, 0.1) is 0 Å². The third-order valence-corrected chi connectivity index (χ3v) is 9.41. The summed E-state index contributed by atoms with van der Waals surface area (Å²) >= 11 is 8.35. The Morgan fingerprint density at radius 2 is 1.67 bits per heavy atom. The summed E-state index contributed by atoms with van der Waals surface area (Å²) in [5, 5.41) is 3.47. The monoisotopic (exact) mass is 691 g/mol. The second kappa shape index (κ2) is 17.9. The first kappa shape index (κ1) is 37.6. The van der Waals surface area contributed by atoms with Crippen LogP contribution in [0.2, 0.25) is 5.02 Å². The van der Waals surface area contributed by atoms with Crippen LogP contribution < -0.4 is 10.1 Å². The summed E-state index contributed by atoms with van der Waals surface area (Å²) < 4.78 is 45.4. The van der Waals surface area contributed by atoms with E-state index in [1.807, 2.05) is 72.8 Å². The number of alkyl carbamates (subject to hydrolysis) is 1. The number of hydrogen-bond donors (Lipinski definition) is 1. The highest BCUT2D eigenvalue weighted by Crippen LogP contribution is 2.48. The molecule has 0 fully saturated rings. The Morgan fingerprint density at radius 3 is 2.33 bits per heavy atom. The lowest BCUT2D eigenvalue weighted by atomic mass is 9.92. The summed E-state index contributed by atoms with van der Waals surface area (Å²) in [5.41, 5.74) is 0.0272. The Labute approximate surface area is 281 Å². The minimum atomic E-state index is -3.57. The van der Waals surface area contributed by atoms with Crippen LogP contribution in [0.15, 0.2) is 94.5 Å². The molecule has 0 aromatic heterocycles. The summed E-state index contributed by atoms with van der Waals surface area (Å²) in [6, 6.07) is 23.8. The third-order valence-electron chi connectivity index (χ3n) is 6.55. The van der Waals surface area contributed by atoms with Crippen molar-refractivity contribution < 1.29 is 37.4 Å². The molecule has 0 saturated carbocycles. The molecule has 0 radical (unpaired) electrons. The molecule has 250 valence electrons. The molecule has 0 aliphatic carbocycles. The van der Waals surface area contributed by atoms with Crippen molar-refractivity contribution in [2.24, 2.45) is 0 Å². The molecular weight excluding hydrogens is 649 g/mol. The molecular formula is C34H43ClNO8PS. The Kier molecular flexibility index (Phi) is 14.7. The maximum Gasteiger partial charge on any atom is 0.408 e. The first-order valence-corrected chi connectivity index (χ1v) is 17.4. The zero-order chi connectivity index (χ0) is 33.6. The van der Waals surface area contributed by atoms with Crippen molar-refractivity contribution in [2.45, 2.75) is 61.2 Å². The Hall–Kier alpha value is -2.82. The van der Waals surface area contributed by atoms with Crippen molar-refractivity contribution in [3.05, 3.63) is 101 Å². The van der Waals surface area contributed by atoms with Gasteiger partial charge in [0.15, 0.2) is 0 Å². The molecule has 0 heterocycles. The summed E-state index contributed by atoms with van der Waals surface area (Å²) in [7, 11) is 0.497. The van der Waals surface area contributed by atoms with Crippen LogP contribution in [-0.4, -0.2) is 52.0 Å². The van der Waals surface area contributed by atoms with Crippen molar-refractivity contribution in [3.63, 3.8) is 0 Å². The van der Waals surface area contributed by atoms with E-state index in [0.29, 0.717) is 24.5 Å². The van der Waals surface area contributed by atoms with Crippen molar-refractivity contribution in [3.8, 4) is 5.75 Å². The molecule has 3 aromatic rings. The molecule has 1 amide bonds. The van der Waals surface area contributed by atoms with Gasteiger partial charge in [-0.1, -0.05) is 65.8 Å². The third kappa shape index (κ3) is 12.8. The van der Waals surface area contributed by atoms with Gasteiger partial charge >= 0.3 is 13.7 Å². The maximum atomic E-state index is 13.0. The van der Waals surface area contributed by atoms with Gasteiger partial charge in [-0.3, -0.25) is 4.57 Å². The Balaban J connectivity index is 1.79. The number of nitrogens with one attached hydrogen (secondary N) is 1. The molecule has 0 spiro atoms. The predicted molar refractivity (Wildman–Crippen MR) is 182 cm³/mol. The van der Waals surface area contributed by atoms with E-state index in [1.165, 1.54) is 27.1 Å². The van der Waals surface area contributed by atoms with Gasteiger partial charge in [-0.2, -0.15) is 0 Å². The number of benzene rings is 3. The average Bonchev–Trinajstić information content (AvgIpc) is 3.02. The van der Waals surface area contributed by atoms with Gasteiger partial charge in [0.2, 0.25) is 0 Å². The van der Waals surface area contributed by atoms with Gasteiger partial charge in [0.05, 0.1) is 12.1 Å². The van der Waals surface area contributed by atoms with Crippen LogP contribution >= 0.6 is 31.0 Å². The van der Waals surface area contributed by atoms with Crippen LogP contribution in [-0.2, 0) is 40.9 Å². The second-order valence-corrected chi connectivity index (χ2v) is 15.0. The van der Waals surface area contributed by atoms with Crippen molar-refractivity contribution in [1.82, 2.24) is 5.32 Å². The fourth-order valence-electron chi connectivity index (χ4n) is 4.24. The van der Waals surface area contributed by atoms with Crippen molar-refractivity contribution in [2.75, 3.05) is 34.7 Å². The van der Waals surface area contributed by atoms with E-state index in [2.05, 4.69) is 5.32 Å². The number of amides is 1. The van der Waals surface area contributed by atoms with Crippen LogP contribution in [0.3, 0.4) is 0 Å². The quantitative estimate of drug-likeness (QED) is 0.0845. The van der Waals surface area contributed by atoms with Gasteiger partial charge in [0.25, 0.3) is 0 Å². The van der Waals surface area contributed by atoms with Crippen molar-refractivity contribution in [1.29, 1.82) is 0 Å². The normalized spacial score (nSPS) is 13.4. The van der Waals surface area contributed by atoms with E-state index in [4.69, 9.17) is 39.6 Å². The molecule has 0 saturated heterocycles. The molecule has 3 aromatic carbocycles. The zero-order valence-electron chi connectivity index (χ0n) is 27.1. The summed E-state index contributed by atoms with van der Waals surface area (Å²) in [6.07, 6.45) is 1.64. The molecule has 0 aliphatic rings. The van der Waals surface area contributed by atoms with Gasteiger partial charge in [0.1, 0.15) is 24.8 Å². The van der Waals surface area contributed by atoms with Gasteiger partial charge in [-0.25, -0.2) is 4.79 Å². The van der Waals surface area contributed by atoms with E-state index in [-0.39, 0.29) is 13.4 Å². The summed E-state index contributed by atoms with van der Waals surface area (Å²) in [4.78, 5) is 14.9. The van der Waals surface area contributed by atoms with Gasteiger partial charge in [0, 0.05) is 42.0 Å². The number of hydrogen-bond acceptors (Lipinski definition) is 9. The van der Waals surface area contributed by atoms with Crippen LogP contribution in [0.5, 0.6) is 5.75 Å². The SMILES string of the molecule is COCOCC(/C=C/P(=O)(OC)OC)(CCc1ccc(Sc2cccc(OCc3ccccc3)c2)cc1Cl)NC(=O)OC(C)(C)C. The highest BCUT2D eigenvalue weighted by atomic mass is 35.5. The molecule has 1 N–H and O–H groups in total. The molecule has 3 rings (SSSR count). The fourth-order valence-corrected chi connectivity index (χ4v) is 6.35. The van der Waals surface area contributed by atoms with Crippen molar-refractivity contribution >= 4 is 37.1 Å². The van der Waals surface area contributed by atoms with Gasteiger partial charge < -0.3 is 33.3 Å². The van der Waals surface area contributed by atoms with Crippen LogP contribution in [0.1, 0.15) is 38.3 Å². The zero-order valence-corrected chi connectivity index (χ0v) is 29.6. The molecule has 0 aliphatic heterocycles. The highest BCUT2D eigenvalue weighted by Gasteiger charge is 2.33. The lowest BCUT2D eigenvalue weighted by Crippen LogP contribution is -2.52. The minimum Gasteiger partial charge on any atom is -0.489 e. The van der Waals surface area contributed by atoms with Crippen LogP contribution in [0.25, 0.3) is 0 Å². The molecule has 1 unspecified atom stereocenters. The highest BCUT2D eigenvalue weighted by molar-refractivity contribution is 7.99.